The molecule has 1 aliphatic rings. The van der Waals surface area contributed by atoms with Crippen LogP contribution >= 0.6 is 22.9 Å². The van der Waals surface area contributed by atoms with Crippen LogP contribution in [0.1, 0.15) is 24.6 Å². The predicted octanol–water partition coefficient (Wildman–Crippen LogP) is 3.10. The number of carbonyl (C=O) groups is 1. The van der Waals surface area contributed by atoms with Gasteiger partial charge in [0.15, 0.2) is 0 Å². The van der Waals surface area contributed by atoms with E-state index in [1.807, 2.05) is 19.1 Å². The maximum Gasteiger partial charge on any atom is 0.244 e. The van der Waals surface area contributed by atoms with Crippen LogP contribution in [0.2, 0.25) is 4.34 Å². The van der Waals surface area contributed by atoms with Gasteiger partial charge in [-0.25, -0.2) is 0 Å². The Balaban J connectivity index is 1.82. The molecule has 1 aliphatic heterocycles. The van der Waals surface area contributed by atoms with E-state index < -0.39 is 0 Å². The van der Waals surface area contributed by atoms with Crippen molar-refractivity contribution in [2.24, 2.45) is 0 Å². The normalized spacial score (nSPS) is 21.3. The molecule has 1 aromatic heterocycles. The number of halogens is 1. The van der Waals surface area contributed by atoms with Gasteiger partial charge >= 0.3 is 0 Å². The Morgan fingerprint density at radius 3 is 3.11 bits per heavy atom. The summed E-state index contributed by atoms with van der Waals surface area (Å²) in [6.07, 6.45) is 5.56. The zero-order valence-corrected chi connectivity index (χ0v) is 11.8. The van der Waals surface area contributed by atoms with Crippen molar-refractivity contribution in [3.63, 3.8) is 0 Å². The van der Waals surface area contributed by atoms with E-state index in [1.165, 1.54) is 17.4 Å². The summed E-state index contributed by atoms with van der Waals surface area (Å²) in [4.78, 5) is 12.7. The molecule has 1 N–H and O–H groups in total. The molecule has 0 aromatic carbocycles. The molecule has 1 saturated heterocycles. The molecule has 1 amide bonds. The molecule has 1 fully saturated rings. The van der Waals surface area contributed by atoms with Crippen LogP contribution in [0.5, 0.6) is 0 Å². The quantitative estimate of drug-likeness (QED) is 0.864. The molecule has 2 heterocycles. The van der Waals surface area contributed by atoms with E-state index in [9.17, 15) is 4.79 Å². The molecule has 0 aliphatic carbocycles. The molecule has 0 saturated carbocycles. The highest BCUT2D eigenvalue weighted by atomic mass is 35.5. The highest BCUT2D eigenvalue weighted by molar-refractivity contribution is 7.17. The maximum atomic E-state index is 11.7. The van der Waals surface area contributed by atoms with Crippen LogP contribution in [0.3, 0.4) is 0 Å². The van der Waals surface area contributed by atoms with E-state index in [0.717, 1.165) is 28.7 Å². The Kier molecular flexibility index (Phi) is 4.80. The van der Waals surface area contributed by atoms with Gasteiger partial charge in [-0.2, -0.15) is 0 Å². The monoisotopic (exact) mass is 285 g/mol. The van der Waals surface area contributed by atoms with Crippen LogP contribution in [0, 0.1) is 0 Å². The average molecular weight is 286 g/mol. The number of rotatable bonds is 4. The second-order valence-corrected chi connectivity index (χ2v) is 6.07. The average Bonchev–Trinajstić information content (AvgIpc) is 2.97. The van der Waals surface area contributed by atoms with Crippen molar-refractivity contribution in [3.8, 4) is 0 Å². The third kappa shape index (κ3) is 3.83. The van der Waals surface area contributed by atoms with Crippen LogP contribution in [-0.2, 0) is 9.53 Å². The van der Waals surface area contributed by atoms with Crippen LogP contribution in [0.25, 0.3) is 6.08 Å². The molecule has 3 nitrogen and oxygen atoms in total. The molecule has 1 aromatic rings. The lowest BCUT2D eigenvalue weighted by atomic mass is 10.1. The van der Waals surface area contributed by atoms with E-state index in [4.69, 9.17) is 16.3 Å². The summed E-state index contributed by atoms with van der Waals surface area (Å²) in [6.45, 7) is 2.78. The molecule has 0 bridgehead atoms. The van der Waals surface area contributed by atoms with Gasteiger partial charge < -0.3 is 10.1 Å². The number of carbonyl (C=O) groups excluding carboxylic acids is 1. The van der Waals surface area contributed by atoms with Gasteiger partial charge in [0.25, 0.3) is 0 Å². The van der Waals surface area contributed by atoms with Crippen molar-refractivity contribution in [2.45, 2.75) is 31.9 Å². The minimum absolute atomic E-state index is 0.0524. The summed E-state index contributed by atoms with van der Waals surface area (Å²) in [5, 5.41) is 2.92. The van der Waals surface area contributed by atoms with E-state index in [-0.39, 0.29) is 18.1 Å². The van der Waals surface area contributed by atoms with Crippen molar-refractivity contribution in [3.05, 3.63) is 27.4 Å². The van der Waals surface area contributed by atoms with E-state index in [0.29, 0.717) is 0 Å². The van der Waals surface area contributed by atoms with Crippen molar-refractivity contribution >= 4 is 34.9 Å². The zero-order valence-electron chi connectivity index (χ0n) is 10.2. The van der Waals surface area contributed by atoms with Crippen molar-refractivity contribution in [2.75, 3.05) is 6.61 Å². The number of ether oxygens (including phenoxy) is 1. The lowest BCUT2D eigenvalue weighted by Gasteiger charge is -2.18. The van der Waals surface area contributed by atoms with E-state index in [2.05, 4.69) is 5.32 Å². The highest BCUT2D eigenvalue weighted by Crippen LogP contribution is 2.22. The minimum atomic E-state index is -0.0949. The lowest BCUT2D eigenvalue weighted by Crippen LogP contribution is -2.39. The number of hydrogen-bond donors (Lipinski definition) is 1. The number of thiophene rings is 1. The van der Waals surface area contributed by atoms with Crippen LogP contribution in [0.15, 0.2) is 18.2 Å². The standard InChI is InChI=1S/C13H16ClNO2S/c1-9(11-3-2-8-17-11)15-13(16)7-5-10-4-6-12(14)18-10/h4-7,9,11H,2-3,8H2,1H3,(H,15,16)/b7-5+/t9-,11-/m1/s1. The first-order valence-electron chi connectivity index (χ1n) is 6.00. The van der Waals surface area contributed by atoms with Crippen molar-refractivity contribution in [1.29, 1.82) is 0 Å². The minimum Gasteiger partial charge on any atom is -0.376 e. The third-order valence-corrected chi connectivity index (χ3v) is 4.08. The van der Waals surface area contributed by atoms with Crippen molar-refractivity contribution in [1.82, 2.24) is 5.32 Å². The van der Waals surface area contributed by atoms with Gasteiger partial charge in [-0.05, 0) is 38.0 Å². The maximum absolute atomic E-state index is 11.7. The van der Waals surface area contributed by atoms with Gasteiger partial charge in [0.1, 0.15) is 0 Å². The van der Waals surface area contributed by atoms with Gasteiger partial charge in [0, 0.05) is 17.6 Å². The molecule has 5 heteroatoms. The van der Waals surface area contributed by atoms with Crippen molar-refractivity contribution < 1.29 is 9.53 Å². The highest BCUT2D eigenvalue weighted by Gasteiger charge is 2.22. The predicted molar refractivity (Wildman–Crippen MR) is 74.9 cm³/mol. The topological polar surface area (TPSA) is 38.3 Å². The lowest BCUT2D eigenvalue weighted by molar-refractivity contribution is -0.117. The first kappa shape index (κ1) is 13.6. The molecular weight excluding hydrogens is 270 g/mol. The van der Waals surface area contributed by atoms with Gasteiger partial charge in [-0.1, -0.05) is 11.6 Å². The Morgan fingerprint density at radius 2 is 2.50 bits per heavy atom. The summed E-state index contributed by atoms with van der Waals surface area (Å²) in [7, 11) is 0. The molecule has 18 heavy (non-hydrogen) atoms. The fourth-order valence-corrected chi connectivity index (χ4v) is 2.90. The second kappa shape index (κ2) is 6.36. The smallest absolute Gasteiger partial charge is 0.244 e. The molecule has 2 rings (SSSR count). The van der Waals surface area contributed by atoms with Gasteiger partial charge in [0.05, 0.1) is 16.5 Å². The Bertz CT molecular complexity index is 438. The molecule has 0 radical (unpaired) electrons. The SMILES string of the molecule is C[C@@H](NC(=O)/C=C/c1ccc(Cl)s1)[C@H]1CCCO1. The zero-order chi connectivity index (χ0) is 13.0. The van der Waals surface area contributed by atoms with Crippen LogP contribution in [-0.4, -0.2) is 24.7 Å². The summed E-state index contributed by atoms with van der Waals surface area (Å²) in [5.41, 5.74) is 0. The van der Waals surface area contributed by atoms with E-state index in [1.54, 1.807) is 6.08 Å². The second-order valence-electron chi connectivity index (χ2n) is 4.32. The molecule has 2 atom stereocenters. The largest absolute Gasteiger partial charge is 0.376 e. The van der Waals surface area contributed by atoms with Gasteiger partial charge in [-0.3, -0.25) is 4.79 Å². The summed E-state index contributed by atoms with van der Waals surface area (Å²) in [6, 6.07) is 3.76. The fourth-order valence-electron chi connectivity index (χ4n) is 1.94. The summed E-state index contributed by atoms with van der Waals surface area (Å²) < 4.78 is 6.25. The number of amides is 1. The fraction of sp³-hybridized carbons (Fsp3) is 0.462. The number of nitrogens with one attached hydrogen (secondary N) is 1. The first-order valence-corrected chi connectivity index (χ1v) is 7.20. The van der Waals surface area contributed by atoms with Gasteiger partial charge in [-0.15, -0.1) is 11.3 Å². The molecule has 0 unspecified atom stereocenters. The van der Waals surface area contributed by atoms with Crippen LogP contribution < -0.4 is 5.32 Å². The Labute approximate surface area is 116 Å². The molecular formula is C13H16ClNO2S. The summed E-state index contributed by atoms with van der Waals surface area (Å²) >= 11 is 7.26. The van der Waals surface area contributed by atoms with E-state index >= 15 is 0 Å². The molecule has 0 spiro atoms. The van der Waals surface area contributed by atoms with Gasteiger partial charge in [0.2, 0.25) is 5.91 Å². The summed E-state index contributed by atoms with van der Waals surface area (Å²) in [5.74, 6) is -0.0949. The Morgan fingerprint density at radius 1 is 1.67 bits per heavy atom. The number of hydrogen-bond acceptors (Lipinski definition) is 3. The third-order valence-electron chi connectivity index (χ3n) is 2.89. The Hall–Kier alpha value is -0.840. The molecule has 98 valence electrons. The first-order chi connectivity index (χ1) is 8.65. The van der Waals surface area contributed by atoms with Crippen LogP contribution in [0.4, 0.5) is 0 Å².